The van der Waals surface area contributed by atoms with Crippen molar-refractivity contribution in [3.8, 4) is 11.5 Å². The van der Waals surface area contributed by atoms with Crippen LogP contribution in [0.25, 0.3) is 0 Å². The first-order chi connectivity index (χ1) is 16.2. The van der Waals surface area contributed by atoms with Crippen molar-refractivity contribution in [2.75, 3.05) is 11.1 Å². The molecule has 9 heteroatoms. The van der Waals surface area contributed by atoms with E-state index in [0.717, 1.165) is 67.4 Å². The molecular formula is C24H26N4O3S2. The van der Waals surface area contributed by atoms with E-state index < -0.39 is 5.79 Å². The van der Waals surface area contributed by atoms with Gasteiger partial charge in [-0.05, 0) is 49.3 Å². The number of rotatable bonds is 7. The van der Waals surface area contributed by atoms with E-state index in [2.05, 4.69) is 37.6 Å². The van der Waals surface area contributed by atoms with E-state index in [1.54, 1.807) is 11.3 Å². The summed E-state index contributed by atoms with van der Waals surface area (Å²) in [7, 11) is 0. The molecule has 2 saturated carbocycles. The zero-order valence-electron chi connectivity index (χ0n) is 18.3. The van der Waals surface area contributed by atoms with Gasteiger partial charge < -0.3 is 19.4 Å². The van der Waals surface area contributed by atoms with Crippen LogP contribution in [0, 0.1) is 0 Å². The number of carbonyl (C=O) groups is 1. The average molecular weight is 483 g/mol. The zero-order valence-corrected chi connectivity index (χ0v) is 19.9. The van der Waals surface area contributed by atoms with Crippen molar-refractivity contribution in [1.29, 1.82) is 0 Å². The number of amides is 1. The molecule has 3 heterocycles. The highest BCUT2D eigenvalue weighted by molar-refractivity contribution is 7.99. The van der Waals surface area contributed by atoms with E-state index in [-0.39, 0.29) is 11.7 Å². The maximum absolute atomic E-state index is 12.7. The van der Waals surface area contributed by atoms with Crippen LogP contribution in [0.15, 0.2) is 40.9 Å². The van der Waals surface area contributed by atoms with Gasteiger partial charge in [0.1, 0.15) is 5.82 Å². The third-order valence-corrected chi connectivity index (χ3v) is 8.15. The molecule has 7 nitrogen and oxygen atoms in total. The Kier molecular flexibility index (Phi) is 5.54. The Morgan fingerprint density at radius 1 is 1.15 bits per heavy atom. The SMILES string of the molecule is O=C(CSc1nnc(Cc2cccs2)n1C1CC1)Nc1ccc2c(c1)OC1(CCCCC1)O2. The van der Waals surface area contributed by atoms with Gasteiger partial charge in [-0.2, -0.15) is 0 Å². The highest BCUT2D eigenvalue weighted by Gasteiger charge is 2.42. The average Bonchev–Trinajstić information content (AvgIpc) is 3.21. The number of hydrogen-bond donors (Lipinski definition) is 1. The molecular weight excluding hydrogens is 456 g/mol. The number of anilines is 1. The standard InChI is InChI=1S/C24H26N4O3S2/c29-22(25-16-6-9-19-20(13-16)31-24(30-19)10-2-1-3-11-24)15-33-23-27-26-21(28(23)17-7-8-17)14-18-5-4-12-32-18/h4-6,9,12-13,17H,1-3,7-8,10-11,14-15H2,(H,25,29). The van der Waals surface area contributed by atoms with Gasteiger partial charge in [-0.1, -0.05) is 24.2 Å². The molecule has 1 spiro atoms. The number of ether oxygens (including phenoxy) is 2. The van der Waals surface area contributed by atoms with Gasteiger partial charge in [-0.15, -0.1) is 21.5 Å². The van der Waals surface area contributed by atoms with Crippen molar-refractivity contribution in [2.24, 2.45) is 0 Å². The van der Waals surface area contributed by atoms with Crippen LogP contribution in [-0.2, 0) is 11.2 Å². The van der Waals surface area contributed by atoms with E-state index in [1.165, 1.54) is 23.1 Å². The molecule has 0 atom stereocenters. The van der Waals surface area contributed by atoms with Crippen LogP contribution in [0.1, 0.15) is 61.7 Å². The van der Waals surface area contributed by atoms with Gasteiger partial charge in [-0.3, -0.25) is 4.79 Å². The molecule has 172 valence electrons. The summed E-state index contributed by atoms with van der Waals surface area (Å²) in [6.45, 7) is 0. The maximum Gasteiger partial charge on any atom is 0.251 e. The number of benzene rings is 1. The molecule has 6 rings (SSSR count). The fourth-order valence-corrected chi connectivity index (χ4v) is 6.11. The van der Waals surface area contributed by atoms with Crippen LogP contribution in [0.5, 0.6) is 11.5 Å². The first-order valence-corrected chi connectivity index (χ1v) is 13.4. The summed E-state index contributed by atoms with van der Waals surface area (Å²) < 4.78 is 14.5. The summed E-state index contributed by atoms with van der Waals surface area (Å²) in [5.74, 6) is 2.16. The van der Waals surface area contributed by atoms with Gasteiger partial charge in [-0.25, -0.2) is 0 Å². The number of carbonyl (C=O) groups excluding carboxylic acids is 1. The predicted octanol–water partition coefficient (Wildman–Crippen LogP) is 5.43. The minimum Gasteiger partial charge on any atom is -0.448 e. The van der Waals surface area contributed by atoms with Crippen molar-refractivity contribution >= 4 is 34.7 Å². The van der Waals surface area contributed by atoms with Gasteiger partial charge in [0.05, 0.1) is 5.75 Å². The topological polar surface area (TPSA) is 78.3 Å². The number of fused-ring (bicyclic) bond motifs is 1. The third-order valence-electron chi connectivity index (χ3n) is 6.33. The number of nitrogens with one attached hydrogen (secondary N) is 1. The molecule has 0 radical (unpaired) electrons. The van der Waals surface area contributed by atoms with Crippen LogP contribution >= 0.6 is 23.1 Å². The van der Waals surface area contributed by atoms with Crippen molar-refractivity contribution in [2.45, 2.75) is 68.4 Å². The fourth-order valence-electron chi connectivity index (χ4n) is 4.59. The summed E-state index contributed by atoms with van der Waals surface area (Å²) >= 11 is 3.18. The first kappa shape index (κ1) is 21.0. The maximum atomic E-state index is 12.7. The second-order valence-corrected chi connectivity index (χ2v) is 10.9. The Morgan fingerprint density at radius 2 is 2.00 bits per heavy atom. The Balaban J connectivity index is 1.09. The number of thiophene rings is 1. The minimum absolute atomic E-state index is 0.0728. The lowest BCUT2D eigenvalue weighted by molar-refractivity contribution is -0.113. The predicted molar refractivity (Wildman–Crippen MR) is 128 cm³/mol. The van der Waals surface area contributed by atoms with E-state index >= 15 is 0 Å². The lowest BCUT2D eigenvalue weighted by Gasteiger charge is -2.31. The molecule has 2 aromatic heterocycles. The van der Waals surface area contributed by atoms with E-state index in [1.807, 2.05) is 18.2 Å². The number of nitrogens with zero attached hydrogens (tertiary/aromatic N) is 3. The van der Waals surface area contributed by atoms with Crippen LogP contribution in [-0.4, -0.2) is 32.2 Å². The smallest absolute Gasteiger partial charge is 0.251 e. The molecule has 1 aromatic carbocycles. The molecule has 0 bridgehead atoms. The van der Waals surface area contributed by atoms with Crippen LogP contribution in [0.3, 0.4) is 0 Å². The zero-order chi connectivity index (χ0) is 22.3. The van der Waals surface area contributed by atoms with Crippen molar-refractivity contribution in [3.05, 3.63) is 46.4 Å². The van der Waals surface area contributed by atoms with Gasteiger partial charge in [0.25, 0.3) is 5.79 Å². The van der Waals surface area contributed by atoms with Gasteiger partial charge in [0, 0.05) is 41.9 Å². The van der Waals surface area contributed by atoms with Crippen molar-refractivity contribution < 1.29 is 14.3 Å². The van der Waals surface area contributed by atoms with Crippen molar-refractivity contribution in [1.82, 2.24) is 14.8 Å². The third kappa shape index (κ3) is 4.48. The van der Waals surface area contributed by atoms with Gasteiger partial charge in [0.15, 0.2) is 16.7 Å². The van der Waals surface area contributed by atoms with Crippen LogP contribution < -0.4 is 14.8 Å². The Bertz CT molecular complexity index is 1150. The fraction of sp³-hybridized carbons (Fsp3) is 0.458. The molecule has 33 heavy (non-hydrogen) atoms. The van der Waals surface area contributed by atoms with E-state index in [9.17, 15) is 4.79 Å². The van der Waals surface area contributed by atoms with Gasteiger partial charge in [0.2, 0.25) is 5.91 Å². The molecule has 1 N–H and O–H groups in total. The van der Waals surface area contributed by atoms with Crippen LogP contribution in [0.2, 0.25) is 0 Å². The summed E-state index contributed by atoms with van der Waals surface area (Å²) in [5.41, 5.74) is 0.720. The summed E-state index contributed by atoms with van der Waals surface area (Å²) in [5, 5.41) is 14.7. The van der Waals surface area contributed by atoms with Gasteiger partial charge >= 0.3 is 0 Å². The van der Waals surface area contributed by atoms with E-state index in [0.29, 0.717) is 11.8 Å². The van der Waals surface area contributed by atoms with Crippen molar-refractivity contribution in [3.63, 3.8) is 0 Å². The number of thioether (sulfide) groups is 1. The first-order valence-electron chi connectivity index (χ1n) is 11.6. The lowest BCUT2D eigenvalue weighted by Crippen LogP contribution is -2.40. The molecule has 1 aliphatic heterocycles. The highest BCUT2D eigenvalue weighted by atomic mass is 32.2. The second kappa shape index (κ2) is 8.68. The minimum atomic E-state index is -0.507. The molecule has 3 aromatic rings. The molecule has 3 aliphatic rings. The van der Waals surface area contributed by atoms with E-state index in [4.69, 9.17) is 9.47 Å². The monoisotopic (exact) mass is 482 g/mol. The quantitative estimate of drug-likeness (QED) is 0.453. The number of aromatic nitrogens is 3. The largest absolute Gasteiger partial charge is 0.448 e. The number of hydrogen-bond acceptors (Lipinski definition) is 7. The lowest BCUT2D eigenvalue weighted by atomic mass is 9.94. The Hall–Kier alpha value is -2.52. The Morgan fingerprint density at radius 3 is 2.79 bits per heavy atom. The summed E-state index contributed by atoms with van der Waals surface area (Å²) in [6, 6.07) is 10.3. The molecule has 2 fully saturated rings. The second-order valence-electron chi connectivity index (χ2n) is 8.93. The van der Waals surface area contributed by atoms with Crippen LogP contribution in [0.4, 0.5) is 5.69 Å². The molecule has 0 saturated heterocycles. The molecule has 0 unspecified atom stereocenters. The highest BCUT2D eigenvalue weighted by Crippen LogP contribution is 2.46. The normalized spacial score (nSPS) is 18.5. The summed E-state index contributed by atoms with van der Waals surface area (Å²) in [6.07, 6.45) is 8.37. The molecule has 1 amide bonds. The summed E-state index contributed by atoms with van der Waals surface area (Å²) in [4.78, 5) is 14.0. The molecule has 2 aliphatic carbocycles. The Labute approximate surface area is 200 Å².